The molecule has 2 aliphatic heterocycles. The average molecular weight is 353 g/mol. The number of aromatic nitrogens is 2. The van der Waals surface area contributed by atoms with E-state index in [0.717, 1.165) is 38.2 Å². The fourth-order valence-electron chi connectivity index (χ4n) is 4.07. The third kappa shape index (κ3) is 4.47. The Bertz CT molecular complexity index is 672. The second-order valence-corrected chi connectivity index (χ2v) is 7.65. The minimum Gasteiger partial charge on any atom is -0.375 e. The summed E-state index contributed by atoms with van der Waals surface area (Å²) in [6.45, 7) is 5.49. The Morgan fingerprint density at radius 1 is 1.08 bits per heavy atom. The Hall–Kier alpha value is -1.82. The minimum absolute atomic E-state index is 0.238. The highest BCUT2D eigenvalue weighted by atomic mass is 16.5. The van der Waals surface area contributed by atoms with Crippen molar-refractivity contribution in [1.82, 2.24) is 14.9 Å². The van der Waals surface area contributed by atoms with Crippen LogP contribution in [0, 0.1) is 5.41 Å². The zero-order chi connectivity index (χ0) is 17.7. The lowest BCUT2D eigenvalue weighted by Gasteiger charge is -2.38. The van der Waals surface area contributed by atoms with Gasteiger partial charge in [0, 0.05) is 31.3 Å². The Morgan fingerprint density at radius 3 is 2.69 bits per heavy atom. The number of hydrogen-bond acceptors (Lipinski definition) is 5. The summed E-state index contributed by atoms with van der Waals surface area (Å²) >= 11 is 0. The normalized spacial score (nSPS) is 22.7. The number of ether oxygens (including phenoxy) is 2. The first-order chi connectivity index (χ1) is 12.8. The Morgan fingerprint density at radius 2 is 1.92 bits per heavy atom. The van der Waals surface area contributed by atoms with Gasteiger partial charge < -0.3 is 9.47 Å². The number of nitrogens with zero attached hydrogens (tertiary/aromatic N) is 3. The van der Waals surface area contributed by atoms with Crippen LogP contribution < -0.4 is 0 Å². The maximum atomic E-state index is 6.07. The van der Waals surface area contributed by atoms with Gasteiger partial charge in [-0.25, -0.2) is 0 Å². The first kappa shape index (κ1) is 17.6. The van der Waals surface area contributed by atoms with Crippen LogP contribution in [0.5, 0.6) is 0 Å². The van der Waals surface area contributed by atoms with Crippen LogP contribution in [0.2, 0.25) is 0 Å². The second kappa shape index (κ2) is 8.25. The summed E-state index contributed by atoms with van der Waals surface area (Å²) in [6, 6.07) is 8.16. The van der Waals surface area contributed by atoms with Gasteiger partial charge in [-0.2, -0.15) is 0 Å². The van der Waals surface area contributed by atoms with Gasteiger partial charge in [0.1, 0.15) is 0 Å². The van der Waals surface area contributed by atoms with Gasteiger partial charge in [0.05, 0.1) is 25.9 Å². The molecule has 138 valence electrons. The number of rotatable bonds is 6. The highest BCUT2D eigenvalue weighted by Crippen LogP contribution is 2.42. The van der Waals surface area contributed by atoms with E-state index in [-0.39, 0.29) is 6.10 Å². The van der Waals surface area contributed by atoms with E-state index in [4.69, 9.17) is 9.47 Å². The van der Waals surface area contributed by atoms with Crippen molar-refractivity contribution in [1.29, 1.82) is 0 Å². The molecule has 26 heavy (non-hydrogen) atoms. The number of pyridine rings is 2. The highest BCUT2D eigenvalue weighted by molar-refractivity contribution is 5.09. The molecule has 4 rings (SSSR count). The molecule has 4 heterocycles. The van der Waals surface area contributed by atoms with Crippen molar-refractivity contribution in [3.05, 3.63) is 60.2 Å². The van der Waals surface area contributed by atoms with Gasteiger partial charge >= 0.3 is 0 Å². The van der Waals surface area contributed by atoms with Crippen LogP contribution in [-0.4, -0.2) is 47.3 Å². The summed E-state index contributed by atoms with van der Waals surface area (Å²) in [4.78, 5) is 10.8. The van der Waals surface area contributed by atoms with E-state index in [1.165, 1.54) is 18.4 Å². The highest BCUT2D eigenvalue weighted by Gasteiger charge is 2.42. The predicted octanol–water partition coefficient (Wildman–Crippen LogP) is 3.06. The van der Waals surface area contributed by atoms with Gasteiger partial charge in [0.15, 0.2) is 0 Å². The molecule has 1 spiro atoms. The van der Waals surface area contributed by atoms with Gasteiger partial charge in [0.25, 0.3) is 0 Å². The molecule has 2 saturated heterocycles. The molecule has 0 radical (unpaired) electrons. The molecule has 2 aromatic heterocycles. The second-order valence-electron chi connectivity index (χ2n) is 7.65. The minimum atomic E-state index is 0.238. The third-order valence-electron chi connectivity index (χ3n) is 5.65. The smallest absolute Gasteiger partial charge is 0.0815 e. The van der Waals surface area contributed by atoms with Gasteiger partial charge in [0.2, 0.25) is 0 Å². The zero-order valence-corrected chi connectivity index (χ0v) is 15.2. The van der Waals surface area contributed by atoms with Crippen LogP contribution in [0.3, 0.4) is 0 Å². The quantitative estimate of drug-likeness (QED) is 0.799. The topological polar surface area (TPSA) is 47.5 Å². The first-order valence-corrected chi connectivity index (χ1v) is 9.51. The van der Waals surface area contributed by atoms with Gasteiger partial charge in [-0.05, 0) is 67.1 Å². The molecular weight excluding hydrogens is 326 g/mol. The average Bonchev–Trinajstić information content (AvgIpc) is 3.08. The Kier molecular flexibility index (Phi) is 5.58. The molecule has 2 aliphatic rings. The van der Waals surface area contributed by atoms with E-state index in [2.05, 4.69) is 20.9 Å². The lowest BCUT2D eigenvalue weighted by atomic mass is 9.76. The molecule has 0 amide bonds. The Balaban J connectivity index is 1.20. The van der Waals surface area contributed by atoms with Crippen LogP contribution >= 0.6 is 0 Å². The van der Waals surface area contributed by atoms with E-state index >= 15 is 0 Å². The molecule has 0 saturated carbocycles. The SMILES string of the molecule is c1cncc(CN2CCC3(CC2)COC(COCc2ccncc2)C3)c1. The molecule has 0 bridgehead atoms. The molecule has 0 aliphatic carbocycles. The summed E-state index contributed by atoms with van der Waals surface area (Å²) in [5, 5.41) is 0. The van der Waals surface area contributed by atoms with Crippen molar-refractivity contribution in [2.75, 3.05) is 26.3 Å². The molecule has 0 aromatic carbocycles. The molecular formula is C21H27N3O2. The maximum absolute atomic E-state index is 6.07. The summed E-state index contributed by atoms with van der Waals surface area (Å²) in [7, 11) is 0. The standard InChI is InChI=1S/C21H27N3O2/c1-2-19(13-23-7-1)14-24-10-5-21(6-11-24)12-20(26-17-21)16-25-15-18-3-8-22-9-4-18/h1-4,7-9,13,20H,5-6,10-12,14-17H2. The van der Waals surface area contributed by atoms with Crippen LogP contribution in [0.1, 0.15) is 30.4 Å². The third-order valence-corrected chi connectivity index (χ3v) is 5.65. The number of piperidine rings is 1. The molecule has 2 fully saturated rings. The molecule has 5 heteroatoms. The molecule has 1 unspecified atom stereocenters. The molecule has 2 aromatic rings. The number of hydrogen-bond donors (Lipinski definition) is 0. The van der Waals surface area contributed by atoms with Gasteiger partial charge in [-0.1, -0.05) is 6.07 Å². The van der Waals surface area contributed by atoms with Crippen LogP contribution in [0.15, 0.2) is 49.1 Å². The van der Waals surface area contributed by atoms with Crippen LogP contribution in [-0.2, 0) is 22.6 Å². The van der Waals surface area contributed by atoms with Crippen molar-refractivity contribution in [3.63, 3.8) is 0 Å². The largest absolute Gasteiger partial charge is 0.375 e. The van der Waals surface area contributed by atoms with Crippen molar-refractivity contribution >= 4 is 0 Å². The van der Waals surface area contributed by atoms with Crippen LogP contribution in [0.25, 0.3) is 0 Å². The molecule has 0 N–H and O–H groups in total. The van der Waals surface area contributed by atoms with Crippen molar-refractivity contribution in [2.24, 2.45) is 5.41 Å². The summed E-state index contributed by atoms with van der Waals surface area (Å²) in [5.74, 6) is 0. The van der Waals surface area contributed by atoms with Crippen molar-refractivity contribution in [2.45, 2.75) is 38.5 Å². The summed E-state index contributed by atoms with van der Waals surface area (Å²) in [6.07, 6.45) is 11.2. The van der Waals surface area contributed by atoms with Crippen molar-refractivity contribution < 1.29 is 9.47 Å². The first-order valence-electron chi connectivity index (χ1n) is 9.51. The van der Waals surface area contributed by atoms with Crippen molar-refractivity contribution in [3.8, 4) is 0 Å². The Labute approximate surface area is 155 Å². The number of likely N-dealkylation sites (tertiary alicyclic amines) is 1. The summed E-state index contributed by atoms with van der Waals surface area (Å²) < 4.78 is 11.9. The maximum Gasteiger partial charge on any atom is 0.0815 e. The lowest BCUT2D eigenvalue weighted by Crippen LogP contribution is -2.40. The van der Waals surface area contributed by atoms with Crippen LogP contribution in [0.4, 0.5) is 0 Å². The predicted molar refractivity (Wildman–Crippen MR) is 99.4 cm³/mol. The monoisotopic (exact) mass is 353 g/mol. The molecule has 1 atom stereocenters. The van der Waals surface area contributed by atoms with Gasteiger partial charge in [-0.3, -0.25) is 14.9 Å². The van der Waals surface area contributed by atoms with E-state index in [9.17, 15) is 0 Å². The lowest BCUT2D eigenvalue weighted by molar-refractivity contribution is 0.00633. The molecule has 5 nitrogen and oxygen atoms in total. The summed E-state index contributed by atoms with van der Waals surface area (Å²) in [5.41, 5.74) is 2.82. The van der Waals surface area contributed by atoms with E-state index in [1.807, 2.05) is 30.6 Å². The van der Waals surface area contributed by atoms with E-state index < -0.39 is 0 Å². The van der Waals surface area contributed by atoms with E-state index in [0.29, 0.717) is 18.6 Å². The zero-order valence-electron chi connectivity index (χ0n) is 15.2. The van der Waals surface area contributed by atoms with Gasteiger partial charge in [-0.15, -0.1) is 0 Å². The van der Waals surface area contributed by atoms with E-state index in [1.54, 1.807) is 12.4 Å². The fourth-order valence-corrected chi connectivity index (χ4v) is 4.07. The fraction of sp³-hybridized carbons (Fsp3) is 0.524.